The number of benzene rings is 2. The fourth-order valence-corrected chi connectivity index (χ4v) is 5.79. The number of hydrogen-bond acceptors (Lipinski definition) is 7. The van der Waals surface area contributed by atoms with Gasteiger partial charge in [-0.15, -0.1) is 0 Å². The van der Waals surface area contributed by atoms with Crippen LogP contribution in [0.1, 0.15) is 56.9 Å². The van der Waals surface area contributed by atoms with Crippen molar-refractivity contribution < 1.29 is 24.7 Å². The number of hydroxylamine groups is 1. The predicted octanol–water partition coefficient (Wildman–Crippen LogP) is 4.16. The van der Waals surface area contributed by atoms with Crippen LogP contribution in [-0.4, -0.2) is 48.6 Å². The van der Waals surface area contributed by atoms with Gasteiger partial charge in [0.05, 0.1) is 16.2 Å². The van der Waals surface area contributed by atoms with Gasteiger partial charge in [-0.3, -0.25) is 29.3 Å². The molecule has 4 rings (SSSR count). The first-order valence-corrected chi connectivity index (χ1v) is 14.7. The Morgan fingerprint density at radius 1 is 1.00 bits per heavy atom. The number of nitrogens with zero attached hydrogens (tertiary/aromatic N) is 4. The van der Waals surface area contributed by atoms with Crippen LogP contribution in [0.4, 0.5) is 5.69 Å². The number of aromatic hydroxyl groups is 1. The number of nitrogens with one attached hydrogen (secondary N) is 2. The average molecular weight is 599 g/mol. The van der Waals surface area contributed by atoms with Crippen LogP contribution in [0.2, 0.25) is 0 Å². The summed E-state index contributed by atoms with van der Waals surface area (Å²) in [7, 11) is 0.726. The Hall–Kier alpha value is -5.12. The van der Waals surface area contributed by atoms with Gasteiger partial charge in [-0.1, -0.05) is 40.7 Å². The Bertz CT molecular complexity index is 1750. The highest BCUT2D eigenvalue weighted by molar-refractivity contribution is 7.87. The van der Waals surface area contributed by atoms with Gasteiger partial charge in [-0.25, -0.2) is 5.48 Å². The molecule has 3 amide bonds. The Morgan fingerprint density at radius 2 is 1.79 bits per heavy atom. The third kappa shape index (κ3) is 8.68. The lowest BCUT2D eigenvalue weighted by atomic mass is 10.1. The van der Waals surface area contributed by atoms with Crippen LogP contribution in [-0.2, 0) is 22.5 Å². The lowest BCUT2D eigenvalue weighted by molar-refractivity contribution is -0.129. The Labute approximate surface area is 251 Å². The van der Waals surface area contributed by atoms with Gasteiger partial charge in [0, 0.05) is 48.4 Å². The van der Waals surface area contributed by atoms with Crippen molar-refractivity contribution in [3.8, 4) is 17.6 Å². The van der Waals surface area contributed by atoms with Crippen LogP contribution < -0.4 is 10.8 Å². The molecule has 0 aliphatic carbocycles. The standard InChI is InChI=1S/C31H30N6O5S/c1-21-16-26(37(2)34-21)31(41)33-25-9-7-8-22(18-25)13-14-23-17-24(20-32-19-23)30(40)36-43(15-6-5-12-29(39)35-42)28-11-4-3-10-27(28)38/h3-4,7-11,16-20,38,42H,5-6,12,15H2,1-2H3,(H,33,41)(H,35,39). The zero-order chi connectivity index (χ0) is 30.8. The number of anilines is 1. The zero-order valence-corrected chi connectivity index (χ0v) is 24.4. The summed E-state index contributed by atoms with van der Waals surface area (Å²) in [5.41, 5.74) is 4.74. The zero-order valence-electron chi connectivity index (χ0n) is 23.6. The molecular formula is C31H30N6O5S. The molecule has 1 atom stereocenters. The number of carbonyl (C=O) groups is 3. The first kappa shape index (κ1) is 30.8. The Balaban J connectivity index is 1.50. The van der Waals surface area contributed by atoms with E-state index in [2.05, 4.69) is 31.6 Å². The number of para-hydroxylation sites is 1. The van der Waals surface area contributed by atoms with Gasteiger partial charge in [0.1, 0.15) is 11.4 Å². The van der Waals surface area contributed by atoms with E-state index in [1.54, 1.807) is 67.1 Å². The number of carbonyl (C=O) groups excluding carboxylic acids is 3. The van der Waals surface area contributed by atoms with E-state index in [1.807, 2.05) is 6.92 Å². The highest BCUT2D eigenvalue weighted by Gasteiger charge is 2.14. The molecule has 2 heterocycles. The molecule has 220 valence electrons. The first-order chi connectivity index (χ1) is 20.7. The molecule has 4 N–H and O–H groups in total. The van der Waals surface area contributed by atoms with Gasteiger partial charge in [-0.2, -0.15) is 9.46 Å². The monoisotopic (exact) mass is 598 g/mol. The number of rotatable bonds is 9. The van der Waals surface area contributed by atoms with Gasteiger partial charge in [0.15, 0.2) is 0 Å². The number of unbranched alkanes of at least 4 members (excludes halogenated alkanes) is 1. The molecule has 2 aromatic carbocycles. The second-order valence-electron chi connectivity index (χ2n) is 9.47. The summed E-state index contributed by atoms with van der Waals surface area (Å²) in [6, 6.07) is 17.1. The highest BCUT2D eigenvalue weighted by atomic mass is 32.2. The van der Waals surface area contributed by atoms with Gasteiger partial charge in [-0.05, 0) is 62.2 Å². The van der Waals surface area contributed by atoms with Crippen molar-refractivity contribution in [2.45, 2.75) is 31.1 Å². The highest BCUT2D eigenvalue weighted by Crippen LogP contribution is 2.23. The second kappa shape index (κ2) is 14.7. The largest absolute Gasteiger partial charge is 0.507 e. The molecule has 0 spiro atoms. The molecule has 0 fully saturated rings. The van der Waals surface area contributed by atoms with Gasteiger partial charge >= 0.3 is 0 Å². The second-order valence-corrected chi connectivity index (χ2v) is 11.2. The number of amides is 3. The van der Waals surface area contributed by atoms with E-state index in [0.29, 0.717) is 46.0 Å². The van der Waals surface area contributed by atoms with Crippen LogP contribution in [0.15, 0.2) is 82.3 Å². The molecule has 1 unspecified atom stereocenters. The summed E-state index contributed by atoms with van der Waals surface area (Å²) >= 11 is 0. The number of phenols is 1. The first-order valence-electron chi connectivity index (χ1n) is 13.3. The summed E-state index contributed by atoms with van der Waals surface area (Å²) in [5.74, 6) is 5.22. The van der Waals surface area contributed by atoms with E-state index >= 15 is 0 Å². The number of hydrogen-bond donors (Lipinski definition) is 4. The van der Waals surface area contributed by atoms with Crippen molar-refractivity contribution in [2.75, 3.05) is 11.1 Å². The van der Waals surface area contributed by atoms with Crippen molar-refractivity contribution in [2.24, 2.45) is 11.4 Å². The van der Waals surface area contributed by atoms with E-state index < -0.39 is 22.5 Å². The Kier molecular flexibility index (Phi) is 10.5. The molecule has 11 nitrogen and oxygen atoms in total. The SMILES string of the molecule is Cc1cc(C(=O)Nc2cccc(C#Cc3cncc(C(=O)N=S(CCCCC(=O)NO)c4ccccc4O)c3)c2)n(C)n1. The summed E-state index contributed by atoms with van der Waals surface area (Å²) in [6.07, 6.45) is 4.10. The maximum atomic E-state index is 13.2. The number of phenolic OH excluding ortho intramolecular Hbond substituents is 1. The normalized spacial score (nSPS) is 11.3. The van der Waals surface area contributed by atoms with Crippen molar-refractivity contribution in [1.29, 1.82) is 0 Å². The smallest absolute Gasteiger partial charge is 0.284 e. The van der Waals surface area contributed by atoms with Gasteiger partial charge < -0.3 is 10.4 Å². The fraction of sp³-hybridized carbons (Fsp3) is 0.194. The van der Waals surface area contributed by atoms with Crippen molar-refractivity contribution in [1.82, 2.24) is 20.2 Å². The molecule has 0 bridgehead atoms. The fourth-order valence-electron chi connectivity index (χ4n) is 4.06. The van der Waals surface area contributed by atoms with E-state index in [1.165, 1.54) is 23.1 Å². The van der Waals surface area contributed by atoms with Crippen LogP contribution in [0.25, 0.3) is 0 Å². The molecule has 43 heavy (non-hydrogen) atoms. The molecular weight excluding hydrogens is 568 g/mol. The minimum atomic E-state index is -0.981. The van der Waals surface area contributed by atoms with Crippen LogP contribution in [0.3, 0.4) is 0 Å². The lowest BCUT2D eigenvalue weighted by Gasteiger charge is -2.10. The molecule has 0 saturated heterocycles. The minimum absolute atomic E-state index is 0.0297. The lowest BCUT2D eigenvalue weighted by Crippen LogP contribution is -2.18. The third-order valence-corrected chi connectivity index (χ3v) is 8.03. The van der Waals surface area contributed by atoms with Crippen LogP contribution >= 0.6 is 0 Å². The van der Waals surface area contributed by atoms with E-state index in [4.69, 9.17) is 5.21 Å². The van der Waals surface area contributed by atoms with Crippen molar-refractivity contribution in [3.63, 3.8) is 0 Å². The van der Waals surface area contributed by atoms with Crippen molar-refractivity contribution >= 4 is 34.1 Å². The van der Waals surface area contributed by atoms with Crippen molar-refractivity contribution in [3.05, 3.63) is 101 Å². The summed E-state index contributed by atoms with van der Waals surface area (Å²) in [6.45, 7) is 1.82. The maximum absolute atomic E-state index is 13.2. The third-order valence-electron chi connectivity index (χ3n) is 6.12. The maximum Gasteiger partial charge on any atom is 0.284 e. The summed E-state index contributed by atoms with van der Waals surface area (Å²) < 4.78 is 5.91. The minimum Gasteiger partial charge on any atom is -0.507 e. The predicted molar refractivity (Wildman–Crippen MR) is 162 cm³/mol. The number of aryl methyl sites for hydroxylation is 2. The van der Waals surface area contributed by atoms with E-state index in [9.17, 15) is 19.5 Å². The molecule has 2 aromatic heterocycles. The van der Waals surface area contributed by atoms with E-state index in [0.717, 1.165) is 5.69 Å². The molecule has 0 radical (unpaired) electrons. The van der Waals surface area contributed by atoms with Gasteiger partial charge in [0.2, 0.25) is 5.91 Å². The summed E-state index contributed by atoms with van der Waals surface area (Å²) in [4.78, 5) is 41.8. The molecule has 0 saturated carbocycles. The average Bonchev–Trinajstić information content (AvgIpc) is 3.35. The number of pyridine rings is 1. The molecule has 4 aromatic rings. The van der Waals surface area contributed by atoms with Gasteiger partial charge in [0.25, 0.3) is 11.8 Å². The topological polar surface area (TPSA) is 159 Å². The molecule has 0 aliphatic rings. The van der Waals surface area contributed by atoms with Crippen LogP contribution in [0.5, 0.6) is 5.75 Å². The van der Waals surface area contributed by atoms with E-state index in [-0.39, 0.29) is 23.6 Å². The Morgan fingerprint density at radius 3 is 2.53 bits per heavy atom. The molecule has 0 aliphatic heterocycles. The summed E-state index contributed by atoms with van der Waals surface area (Å²) in [5, 5.41) is 26.1. The quantitative estimate of drug-likeness (QED) is 0.0975. The van der Waals surface area contributed by atoms with Crippen LogP contribution in [0, 0.1) is 18.8 Å². The molecule has 12 heteroatoms. The number of aromatic nitrogens is 3.